The van der Waals surface area contributed by atoms with Crippen molar-refractivity contribution in [2.75, 3.05) is 42.6 Å². The van der Waals surface area contributed by atoms with E-state index in [1.165, 1.54) is 33.8 Å². The Morgan fingerprint density at radius 3 is 2.00 bits per heavy atom. The molecule has 2 aliphatic heterocycles. The van der Waals surface area contributed by atoms with Crippen LogP contribution in [-0.4, -0.2) is 32.8 Å². The molecular weight excluding hydrogens is 356 g/mol. The minimum absolute atomic E-state index is 0.238. The van der Waals surface area contributed by atoms with Crippen molar-refractivity contribution in [1.29, 1.82) is 0 Å². The lowest BCUT2D eigenvalue weighted by molar-refractivity contribution is 0.122. The minimum Gasteiger partial charge on any atom is -0.378 e. The van der Waals surface area contributed by atoms with E-state index in [1.807, 2.05) is 6.08 Å². The highest BCUT2D eigenvalue weighted by Gasteiger charge is 2.30. The lowest BCUT2D eigenvalue weighted by atomic mass is 9.80. The van der Waals surface area contributed by atoms with Crippen LogP contribution in [0.5, 0.6) is 0 Å². The van der Waals surface area contributed by atoms with Crippen molar-refractivity contribution < 1.29 is 4.74 Å². The van der Waals surface area contributed by atoms with Gasteiger partial charge in [-0.1, -0.05) is 54.6 Å². The summed E-state index contributed by atoms with van der Waals surface area (Å²) in [4.78, 5) is 4.78. The first-order valence-electron chi connectivity index (χ1n) is 10.4. The molecule has 0 bridgehead atoms. The number of benzene rings is 3. The number of hydrogen-bond donors (Lipinski definition) is 0. The third-order valence-electron chi connectivity index (χ3n) is 5.99. The SMILES string of the molecule is C=CCN1c2ccccc2C(c2ccc(N3CCOCC3)cc2)c2ccccc21. The number of rotatable bonds is 4. The minimum atomic E-state index is 0.238. The molecule has 3 heteroatoms. The maximum Gasteiger partial charge on any atom is 0.0642 e. The van der Waals surface area contributed by atoms with Gasteiger partial charge in [0.15, 0.2) is 0 Å². The number of anilines is 3. The number of fused-ring (bicyclic) bond motifs is 2. The van der Waals surface area contributed by atoms with Crippen molar-refractivity contribution >= 4 is 17.1 Å². The van der Waals surface area contributed by atoms with E-state index >= 15 is 0 Å². The van der Waals surface area contributed by atoms with E-state index in [4.69, 9.17) is 4.74 Å². The van der Waals surface area contributed by atoms with Gasteiger partial charge in [-0.05, 0) is 41.0 Å². The molecule has 2 heterocycles. The van der Waals surface area contributed by atoms with Gasteiger partial charge in [-0.25, -0.2) is 0 Å². The van der Waals surface area contributed by atoms with E-state index in [-0.39, 0.29) is 5.92 Å². The first kappa shape index (κ1) is 18.0. The van der Waals surface area contributed by atoms with Gasteiger partial charge in [-0.2, -0.15) is 0 Å². The van der Waals surface area contributed by atoms with Gasteiger partial charge in [-0.15, -0.1) is 6.58 Å². The van der Waals surface area contributed by atoms with Crippen molar-refractivity contribution in [3.8, 4) is 0 Å². The van der Waals surface area contributed by atoms with Crippen LogP contribution < -0.4 is 9.80 Å². The maximum atomic E-state index is 5.49. The van der Waals surface area contributed by atoms with E-state index < -0.39 is 0 Å². The van der Waals surface area contributed by atoms with Crippen LogP contribution in [0.25, 0.3) is 0 Å². The second-order valence-electron chi connectivity index (χ2n) is 7.64. The highest BCUT2D eigenvalue weighted by Crippen LogP contribution is 2.48. The standard InChI is InChI=1S/C26H26N2O/c1-2-15-28-24-9-5-3-7-22(24)26(23-8-4-6-10-25(23)28)20-11-13-21(14-12-20)27-16-18-29-19-17-27/h2-14,26H,1,15-19H2. The van der Waals surface area contributed by atoms with Crippen LogP contribution in [0.2, 0.25) is 0 Å². The normalized spacial score (nSPS) is 16.3. The molecule has 29 heavy (non-hydrogen) atoms. The number of nitrogens with zero attached hydrogens (tertiary/aromatic N) is 2. The molecule has 0 unspecified atom stereocenters. The highest BCUT2D eigenvalue weighted by atomic mass is 16.5. The van der Waals surface area contributed by atoms with Crippen LogP contribution in [0.1, 0.15) is 22.6 Å². The van der Waals surface area contributed by atoms with Crippen LogP contribution in [0, 0.1) is 0 Å². The Morgan fingerprint density at radius 1 is 0.828 bits per heavy atom. The first-order valence-corrected chi connectivity index (χ1v) is 10.4. The van der Waals surface area contributed by atoms with Gasteiger partial charge in [0.25, 0.3) is 0 Å². The Morgan fingerprint density at radius 2 is 1.41 bits per heavy atom. The number of para-hydroxylation sites is 2. The molecule has 0 atom stereocenters. The van der Waals surface area contributed by atoms with E-state index in [2.05, 4.69) is 89.2 Å². The fourth-order valence-corrected chi connectivity index (χ4v) is 4.64. The average molecular weight is 383 g/mol. The van der Waals surface area contributed by atoms with Crippen molar-refractivity contribution in [3.63, 3.8) is 0 Å². The Balaban J connectivity index is 1.58. The molecule has 0 aliphatic carbocycles. The molecule has 0 amide bonds. The molecule has 0 saturated carbocycles. The third-order valence-corrected chi connectivity index (χ3v) is 5.99. The average Bonchev–Trinajstić information content (AvgIpc) is 2.80. The van der Waals surface area contributed by atoms with Crippen molar-refractivity contribution in [1.82, 2.24) is 0 Å². The fourth-order valence-electron chi connectivity index (χ4n) is 4.64. The summed E-state index contributed by atoms with van der Waals surface area (Å²) < 4.78 is 5.49. The quantitative estimate of drug-likeness (QED) is 0.567. The number of morpholine rings is 1. The van der Waals surface area contributed by atoms with Gasteiger partial charge in [0.05, 0.1) is 13.2 Å². The molecule has 2 aliphatic rings. The molecule has 0 aromatic heterocycles. The van der Waals surface area contributed by atoms with E-state index in [1.54, 1.807) is 0 Å². The first-order chi connectivity index (χ1) is 14.4. The van der Waals surface area contributed by atoms with Gasteiger partial charge in [0.2, 0.25) is 0 Å². The molecule has 0 radical (unpaired) electrons. The van der Waals surface area contributed by atoms with Crippen LogP contribution >= 0.6 is 0 Å². The predicted molar refractivity (Wildman–Crippen MR) is 121 cm³/mol. The molecule has 0 N–H and O–H groups in total. The second-order valence-corrected chi connectivity index (χ2v) is 7.64. The third kappa shape index (κ3) is 3.22. The summed E-state index contributed by atoms with van der Waals surface area (Å²) in [7, 11) is 0. The Kier molecular flexibility index (Phi) is 4.82. The Bertz CT molecular complexity index is 958. The van der Waals surface area contributed by atoms with Crippen LogP contribution in [0.3, 0.4) is 0 Å². The molecule has 146 valence electrons. The fraction of sp³-hybridized carbons (Fsp3) is 0.231. The predicted octanol–water partition coefficient (Wildman–Crippen LogP) is 5.34. The number of ether oxygens (including phenoxy) is 1. The lowest BCUT2D eigenvalue weighted by Crippen LogP contribution is -2.36. The molecule has 1 fully saturated rings. The van der Waals surface area contributed by atoms with E-state index in [9.17, 15) is 0 Å². The molecule has 3 aromatic carbocycles. The summed E-state index contributed by atoms with van der Waals surface area (Å²) in [6, 6.07) is 26.7. The van der Waals surface area contributed by atoms with Crippen molar-refractivity contribution in [2.24, 2.45) is 0 Å². The van der Waals surface area contributed by atoms with E-state index in [0.717, 1.165) is 32.8 Å². The molecule has 0 spiro atoms. The zero-order valence-corrected chi connectivity index (χ0v) is 16.6. The highest BCUT2D eigenvalue weighted by molar-refractivity contribution is 5.78. The maximum absolute atomic E-state index is 5.49. The summed E-state index contributed by atoms with van der Waals surface area (Å²) in [5, 5.41) is 0. The summed E-state index contributed by atoms with van der Waals surface area (Å²) in [5.74, 6) is 0.238. The smallest absolute Gasteiger partial charge is 0.0642 e. The lowest BCUT2D eigenvalue weighted by Gasteiger charge is -2.37. The van der Waals surface area contributed by atoms with Gasteiger partial charge in [0, 0.05) is 42.6 Å². The largest absolute Gasteiger partial charge is 0.378 e. The van der Waals surface area contributed by atoms with Gasteiger partial charge < -0.3 is 14.5 Å². The van der Waals surface area contributed by atoms with Gasteiger partial charge >= 0.3 is 0 Å². The summed E-state index contributed by atoms with van der Waals surface area (Å²) in [6.45, 7) is 8.33. The monoisotopic (exact) mass is 382 g/mol. The molecular formula is C26H26N2O. The van der Waals surface area contributed by atoms with Gasteiger partial charge in [0.1, 0.15) is 0 Å². The Labute approximate surface area is 172 Å². The van der Waals surface area contributed by atoms with Crippen LogP contribution in [0.4, 0.5) is 17.1 Å². The molecule has 3 aromatic rings. The zero-order chi connectivity index (χ0) is 19.6. The van der Waals surface area contributed by atoms with Crippen molar-refractivity contribution in [3.05, 3.63) is 102 Å². The summed E-state index contributed by atoms with van der Waals surface area (Å²) in [6.07, 6.45) is 1.98. The van der Waals surface area contributed by atoms with Crippen LogP contribution in [0.15, 0.2) is 85.5 Å². The summed E-state index contributed by atoms with van der Waals surface area (Å²) in [5.41, 5.74) is 7.86. The molecule has 5 rings (SSSR count). The second kappa shape index (κ2) is 7.76. The van der Waals surface area contributed by atoms with E-state index in [0.29, 0.717) is 0 Å². The van der Waals surface area contributed by atoms with Gasteiger partial charge in [-0.3, -0.25) is 0 Å². The van der Waals surface area contributed by atoms with Crippen LogP contribution in [-0.2, 0) is 4.74 Å². The summed E-state index contributed by atoms with van der Waals surface area (Å²) >= 11 is 0. The van der Waals surface area contributed by atoms with Crippen molar-refractivity contribution in [2.45, 2.75) is 5.92 Å². The number of hydrogen-bond acceptors (Lipinski definition) is 3. The Hall–Kier alpha value is -3.04. The zero-order valence-electron chi connectivity index (χ0n) is 16.6. The molecule has 1 saturated heterocycles. The topological polar surface area (TPSA) is 15.7 Å². The molecule has 3 nitrogen and oxygen atoms in total.